The number of halogens is 1. The molecule has 1 atom stereocenters. The minimum absolute atomic E-state index is 0.390. The van der Waals surface area contributed by atoms with Crippen LogP contribution in [0.15, 0.2) is 34.8 Å². The highest BCUT2D eigenvalue weighted by Crippen LogP contribution is 2.23. The van der Waals surface area contributed by atoms with Crippen LogP contribution >= 0.6 is 15.9 Å². The predicted molar refractivity (Wildman–Crippen MR) is 80.1 cm³/mol. The summed E-state index contributed by atoms with van der Waals surface area (Å²) >= 11 is 3.58. The third-order valence-corrected chi connectivity index (χ3v) is 4.16. The second-order valence-corrected chi connectivity index (χ2v) is 5.53. The molecule has 0 saturated heterocycles. The standard InChI is InChI=1S/C15H19BrN2O/c1-3-13-15(16)14(18(2)17-13)10-12(19)9-11-7-5-4-6-8-11/h4-8,12,19H,3,9-10H2,1-2H3. The summed E-state index contributed by atoms with van der Waals surface area (Å²) in [6, 6.07) is 10.1. The summed E-state index contributed by atoms with van der Waals surface area (Å²) in [5, 5.41) is 14.7. The summed E-state index contributed by atoms with van der Waals surface area (Å²) in [5.41, 5.74) is 3.26. The molecule has 1 heterocycles. The van der Waals surface area contributed by atoms with Crippen molar-refractivity contribution in [3.05, 3.63) is 51.8 Å². The van der Waals surface area contributed by atoms with E-state index < -0.39 is 0 Å². The molecule has 1 aromatic carbocycles. The van der Waals surface area contributed by atoms with E-state index in [1.54, 1.807) is 0 Å². The second kappa shape index (κ2) is 6.35. The Morgan fingerprint density at radius 3 is 2.53 bits per heavy atom. The van der Waals surface area contributed by atoms with Gasteiger partial charge in [-0.1, -0.05) is 37.3 Å². The molecule has 0 aliphatic heterocycles. The molecule has 1 aromatic heterocycles. The normalized spacial score (nSPS) is 12.6. The molecular formula is C15H19BrN2O. The number of benzene rings is 1. The zero-order valence-corrected chi connectivity index (χ0v) is 12.9. The minimum atomic E-state index is -0.390. The van der Waals surface area contributed by atoms with E-state index in [9.17, 15) is 5.11 Å². The zero-order valence-electron chi connectivity index (χ0n) is 11.3. The van der Waals surface area contributed by atoms with Gasteiger partial charge < -0.3 is 5.11 Å². The van der Waals surface area contributed by atoms with Gasteiger partial charge in [0.25, 0.3) is 0 Å². The number of aromatic nitrogens is 2. The summed E-state index contributed by atoms with van der Waals surface area (Å²) < 4.78 is 2.89. The Hall–Kier alpha value is -1.13. The minimum Gasteiger partial charge on any atom is -0.392 e. The second-order valence-electron chi connectivity index (χ2n) is 4.73. The van der Waals surface area contributed by atoms with Gasteiger partial charge in [-0.15, -0.1) is 0 Å². The van der Waals surface area contributed by atoms with Crippen molar-refractivity contribution in [3.8, 4) is 0 Å². The number of hydrogen-bond acceptors (Lipinski definition) is 2. The van der Waals surface area contributed by atoms with Crippen LogP contribution in [0.3, 0.4) is 0 Å². The van der Waals surface area contributed by atoms with E-state index in [-0.39, 0.29) is 6.10 Å². The Balaban J connectivity index is 2.07. The fraction of sp³-hybridized carbons (Fsp3) is 0.400. The van der Waals surface area contributed by atoms with Crippen molar-refractivity contribution < 1.29 is 5.11 Å². The average Bonchev–Trinajstić information content (AvgIpc) is 2.67. The van der Waals surface area contributed by atoms with Crippen molar-refractivity contribution in [3.63, 3.8) is 0 Å². The van der Waals surface area contributed by atoms with Gasteiger partial charge >= 0.3 is 0 Å². The molecular weight excluding hydrogens is 304 g/mol. The highest BCUT2D eigenvalue weighted by atomic mass is 79.9. The number of nitrogens with zero attached hydrogens (tertiary/aromatic N) is 2. The highest BCUT2D eigenvalue weighted by Gasteiger charge is 2.16. The van der Waals surface area contributed by atoms with Gasteiger partial charge in [0.2, 0.25) is 0 Å². The maximum atomic E-state index is 10.2. The van der Waals surface area contributed by atoms with E-state index in [0.717, 1.165) is 27.8 Å². The first kappa shape index (κ1) is 14.3. The van der Waals surface area contributed by atoms with Crippen LogP contribution in [0.2, 0.25) is 0 Å². The molecule has 0 fully saturated rings. The molecule has 1 unspecified atom stereocenters. The first-order chi connectivity index (χ1) is 9.11. The van der Waals surface area contributed by atoms with Crippen LogP contribution in [0.4, 0.5) is 0 Å². The molecule has 0 spiro atoms. The largest absolute Gasteiger partial charge is 0.392 e. The van der Waals surface area contributed by atoms with Gasteiger partial charge in [-0.25, -0.2) is 0 Å². The molecule has 2 aromatic rings. The topological polar surface area (TPSA) is 38.0 Å². The van der Waals surface area contributed by atoms with Gasteiger partial charge in [-0.05, 0) is 34.3 Å². The molecule has 0 saturated carbocycles. The first-order valence-electron chi connectivity index (χ1n) is 6.54. The number of hydrogen-bond donors (Lipinski definition) is 1. The molecule has 0 radical (unpaired) electrons. The smallest absolute Gasteiger partial charge is 0.0766 e. The fourth-order valence-electron chi connectivity index (χ4n) is 2.22. The Kier molecular flexibility index (Phi) is 4.77. The van der Waals surface area contributed by atoms with Crippen LogP contribution in [-0.4, -0.2) is 21.0 Å². The maximum Gasteiger partial charge on any atom is 0.0766 e. The highest BCUT2D eigenvalue weighted by molar-refractivity contribution is 9.10. The third-order valence-electron chi connectivity index (χ3n) is 3.25. The molecule has 3 nitrogen and oxygen atoms in total. The lowest BCUT2D eigenvalue weighted by Gasteiger charge is -2.11. The van der Waals surface area contributed by atoms with Gasteiger partial charge in [0, 0.05) is 13.5 Å². The van der Waals surface area contributed by atoms with Crippen LogP contribution in [-0.2, 0) is 26.3 Å². The van der Waals surface area contributed by atoms with Crippen molar-refractivity contribution >= 4 is 15.9 Å². The fourth-order valence-corrected chi connectivity index (χ4v) is 3.00. The van der Waals surface area contributed by atoms with Gasteiger partial charge in [0.05, 0.1) is 22.0 Å². The monoisotopic (exact) mass is 322 g/mol. The van der Waals surface area contributed by atoms with E-state index in [0.29, 0.717) is 12.8 Å². The molecule has 2 rings (SSSR count). The van der Waals surface area contributed by atoms with Crippen molar-refractivity contribution in [2.75, 3.05) is 0 Å². The number of aliphatic hydroxyl groups is 1. The Morgan fingerprint density at radius 1 is 1.26 bits per heavy atom. The Morgan fingerprint density at radius 2 is 1.95 bits per heavy atom. The quantitative estimate of drug-likeness (QED) is 0.919. The lowest BCUT2D eigenvalue weighted by molar-refractivity contribution is 0.172. The summed E-state index contributed by atoms with van der Waals surface area (Å²) in [5.74, 6) is 0. The van der Waals surface area contributed by atoms with Crippen LogP contribution in [0.1, 0.15) is 23.9 Å². The third kappa shape index (κ3) is 3.45. The summed E-state index contributed by atoms with van der Waals surface area (Å²) in [7, 11) is 1.93. The van der Waals surface area contributed by atoms with Crippen LogP contribution in [0.5, 0.6) is 0 Å². The van der Waals surface area contributed by atoms with Crippen LogP contribution < -0.4 is 0 Å². The molecule has 0 aliphatic rings. The van der Waals surface area contributed by atoms with Gasteiger partial charge in [-0.3, -0.25) is 4.68 Å². The first-order valence-corrected chi connectivity index (χ1v) is 7.33. The summed E-state index contributed by atoms with van der Waals surface area (Å²) in [6.45, 7) is 2.08. The van der Waals surface area contributed by atoms with Gasteiger partial charge in [-0.2, -0.15) is 5.10 Å². The van der Waals surface area contributed by atoms with Crippen molar-refractivity contribution in [1.29, 1.82) is 0 Å². The number of rotatable bonds is 5. The summed E-state index contributed by atoms with van der Waals surface area (Å²) in [4.78, 5) is 0. The van der Waals surface area contributed by atoms with E-state index >= 15 is 0 Å². The van der Waals surface area contributed by atoms with E-state index in [1.807, 2.05) is 42.1 Å². The van der Waals surface area contributed by atoms with E-state index in [4.69, 9.17) is 0 Å². The molecule has 19 heavy (non-hydrogen) atoms. The van der Waals surface area contributed by atoms with Crippen LogP contribution in [0, 0.1) is 0 Å². The molecule has 4 heteroatoms. The average molecular weight is 323 g/mol. The Bertz CT molecular complexity index is 537. The summed E-state index contributed by atoms with van der Waals surface area (Å²) in [6.07, 6.45) is 1.78. The molecule has 0 bridgehead atoms. The Labute approximate surface area is 122 Å². The maximum absolute atomic E-state index is 10.2. The lowest BCUT2D eigenvalue weighted by atomic mass is 10.0. The van der Waals surface area contributed by atoms with Gasteiger partial charge in [0.15, 0.2) is 0 Å². The number of aliphatic hydroxyl groups excluding tert-OH is 1. The molecule has 1 N–H and O–H groups in total. The SMILES string of the molecule is CCc1nn(C)c(CC(O)Cc2ccccc2)c1Br. The molecule has 102 valence electrons. The zero-order chi connectivity index (χ0) is 13.8. The van der Waals surface area contributed by atoms with E-state index in [2.05, 4.69) is 28.0 Å². The van der Waals surface area contributed by atoms with Crippen LogP contribution in [0.25, 0.3) is 0 Å². The molecule has 0 amide bonds. The lowest BCUT2D eigenvalue weighted by Crippen LogP contribution is -2.16. The number of aryl methyl sites for hydroxylation is 2. The van der Waals surface area contributed by atoms with Gasteiger partial charge in [0.1, 0.15) is 0 Å². The van der Waals surface area contributed by atoms with E-state index in [1.165, 1.54) is 0 Å². The van der Waals surface area contributed by atoms with Crippen molar-refractivity contribution in [1.82, 2.24) is 9.78 Å². The predicted octanol–water partition coefficient (Wildman–Crippen LogP) is 2.89. The van der Waals surface area contributed by atoms with Crippen molar-refractivity contribution in [2.45, 2.75) is 32.3 Å². The molecule has 0 aliphatic carbocycles. The van der Waals surface area contributed by atoms with Crippen molar-refractivity contribution in [2.24, 2.45) is 7.05 Å².